The number of ether oxygens (including phenoxy) is 1. The van der Waals surface area contributed by atoms with Crippen LogP contribution >= 0.6 is 0 Å². The molecule has 1 heterocycles. The Balaban J connectivity index is 1.40. The van der Waals surface area contributed by atoms with Gasteiger partial charge in [0.05, 0.1) is 13.0 Å². The molecule has 0 radical (unpaired) electrons. The Kier molecular flexibility index (Phi) is 5.77. The van der Waals surface area contributed by atoms with Crippen LogP contribution in [0.3, 0.4) is 0 Å². The number of amides is 1. The normalized spacial score (nSPS) is 19.7. The van der Waals surface area contributed by atoms with E-state index < -0.39 is 0 Å². The molecule has 0 spiro atoms. The van der Waals surface area contributed by atoms with Gasteiger partial charge in [0.1, 0.15) is 5.75 Å². The lowest BCUT2D eigenvalue weighted by molar-refractivity contribution is -0.133. The largest absolute Gasteiger partial charge is 0.493 e. The van der Waals surface area contributed by atoms with Gasteiger partial charge in [0, 0.05) is 32.2 Å². The van der Waals surface area contributed by atoms with Crippen LogP contribution in [-0.4, -0.2) is 54.5 Å². The second kappa shape index (κ2) is 8.02. The zero-order valence-corrected chi connectivity index (χ0v) is 15.1. The van der Waals surface area contributed by atoms with E-state index in [1.165, 1.54) is 31.2 Å². The predicted octanol–water partition coefficient (Wildman–Crippen LogP) is 3.16. The molecule has 4 nitrogen and oxygen atoms in total. The average Bonchev–Trinajstić information content (AvgIpc) is 3.13. The predicted molar refractivity (Wildman–Crippen MR) is 96.4 cm³/mol. The second-order valence-corrected chi connectivity index (χ2v) is 7.15. The molecule has 132 valence electrons. The van der Waals surface area contributed by atoms with E-state index in [0.717, 1.165) is 43.5 Å². The highest BCUT2D eigenvalue weighted by molar-refractivity contribution is 5.76. The number of hydrogen-bond donors (Lipinski definition) is 0. The van der Waals surface area contributed by atoms with Gasteiger partial charge >= 0.3 is 0 Å². The Morgan fingerprint density at radius 2 is 1.83 bits per heavy atom. The molecule has 1 saturated heterocycles. The fraction of sp³-hybridized carbons (Fsp3) is 0.650. The highest BCUT2D eigenvalue weighted by Crippen LogP contribution is 2.24. The van der Waals surface area contributed by atoms with Crippen molar-refractivity contribution in [1.82, 2.24) is 9.80 Å². The summed E-state index contributed by atoms with van der Waals surface area (Å²) in [6.07, 6.45) is 5.91. The standard InChI is InChI=1S/C20H30N2O2/c1-16-6-5-9-19(17(16)2)24-15-10-20(23)22-13-11-21(12-14-22)18-7-3-4-8-18/h5-6,9,18H,3-4,7-8,10-15H2,1-2H3. The third-order valence-corrected chi connectivity index (χ3v) is 5.64. The van der Waals surface area contributed by atoms with Crippen LogP contribution < -0.4 is 4.74 Å². The zero-order valence-electron chi connectivity index (χ0n) is 15.1. The molecule has 0 unspecified atom stereocenters. The number of rotatable bonds is 5. The molecule has 1 aromatic rings. The minimum atomic E-state index is 0.228. The maximum absolute atomic E-state index is 12.4. The van der Waals surface area contributed by atoms with Crippen LogP contribution in [0.15, 0.2) is 18.2 Å². The first-order valence-electron chi connectivity index (χ1n) is 9.36. The minimum absolute atomic E-state index is 0.228. The van der Waals surface area contributed by atoms with E-state index in [-0.39, 0.29) is 5.91 Å². The minimum Gasteiger partial charge on any atom is -0.493 e. The summed E-state index contributed by atoms with van der Waals surface area (Å²) in [5.74, 6) is 1.13. The van der Waals surface area contributed by atoms with Crippen LogP contribution in [-0.2, 0) is 4.79 Å². The van der Waals surface area contributed by atoms with Crippen molar-refractivity contribution in [3.8, 4) is 5.75 Å². The first-order chi connectivity index (χ1) is 11.6. The highest BCUT2D eigenvalue weighted by atomic mass is 16.5. The first-order valence-corrected chi connectivity index (χ1v) is 9.36. The van der Waals surface area contributed by atoms with Crippen LogP contribution in [0, 0.1) is 13.8 Å². The van der Waals surface area contributed by atoms with Crippen molar-refractivity contribution in [2.75, 3.05) is 32.8 Å². The van der Waals surface area contributed by atoms with Gasteiger partial charge in [-0.1, -0.05) is 25.0 Å². The number of aryl methyl sites for hydroxylation is 1. The molecule has 1 aliphatic carbocycles. The molecular formula is C20H30N2O2. The lowest BCUT2D eigenvalue weighted by Crippen LogP contribution is -2.51. The van der Waals surface area contributed by atoms with Gasteiger partial charge in [-0.2, -0.15) is 0 Å². The Hall–Kier alpha value is -1.55. The van der Waals surface area contributed by atoms with Crippen LogP contribution in [0.25, 0.3) is 0 Å². The smallest absolute Gasteiger partial charge is 0.226 e. The monoisotopic (exact) mass is 330 g/mol. The summed E-state index contributed by atoms with van der Waals surface area (Å²) in [5, 5.41) is 0. The van der Waals surface area contributed by atoms with Gasteiger partial charge in [0.15, 0.2) is 0 Å². The maximum atomic E-state index is 12.4. The molecule has 3 rings (SSSR count). The highest BCUT2D eigenvalue weighted by Gasteiger charge is 2.27. The van der Waals surface area contributed by atoms with Crippen molar-refractivity contribution in [2.24, 2.45) is 0 Å². The molecule has 1 aliphatic heterocycles. The number of hydrogen-bond acceptors (Lipinski definition) is 3. The van der Waals surface area contributed by atoms with Gasteiger partial charge < -0.3 is 9.64 Å². The van der Waals surface area contributed by atoms with E-state index in [4.69, 9.17) is 4.74 Å². The summed E-state index contributed by atoms with van der Waals surface area (Å²) in [5.41, 5.74) is 2.39. The van der Waals surface area contributed by atoms with Gasteiger partial charge in [0.25, 0.3) is 0 Å². The van der Waals surface area contributed by atoms with E-state index in [1.54, 1.807) is 0 Å². The fourth-order valence-corrected chi connectivity index (χ4v) is 3.89. The van der Waals surface area contributed by atoms with Gasteiger partial charge in [-0.15, -0.1) is 0 Å². The molecule has 1 amide bonds. The molecule has 0 atom stereocenters. The van der Waals surface area contributed by atoms with Crippen molar-refractivity contribution >= 4 is 5.91 Å². The molecule has 0 aromatic heterocycles. The van der Waals surface area contributed by atoms with E-state index >= 15 is 0 Å². The maximum Gasteiger partial charge on any atom is 0.226 e. The van der Waals surface area contributed by atoms with E-state index in [2.05, 4.69) is 24.8 Å². The molecular weight excluding hydrogens is 300 g/mol. The number of nitrogens with zero attached hydrogens (tertiary/aromatic N) is 2. The van der Waals surface area contributed by atoms with Crippen LogP contribution in [0.2, 0.25) is 0 Å². The Morgan fingerprint density at radius 1 is 1.12 bits per heavy atom. The van der Waals surface area contributed by atoms with Gasteiger partial charge in [-0.25, -0.2) is 0 Å². The third kappa shape index (κ3) is 4.10. The number of carbonyl (C=O) groups excluding carboxylic acids is 1. The summed E-state index contributed by atoms with van der Waals surface area (Å²) in [7, 11) is 0. The van der Waals surface area contributed by atoms with Gasteiger partial charge in [-0.05, 0) is 43.9 Å². The second-order valence-electron chi connectivity index (χ2n) is 7.15. The molecule has 24 heavy (non-hydrogen) atoms. The molecule has 2 fully saturated rings. The summed E-state index contributed by atoms with van der Waals surface area (Å²) in [6, 6.07) is 6.83. The molecule has 4 heteroatoms. The SMILES string of the molecule is Cc1cccc(OCCC(=O)N2CCN(C3CCCC3)CC2)c1C. The number of benzene rings is 1. The molecule has 1 aromatic carbocycles. The van der Waals surface area contributed by atoms with Crippen LogP contribution in [0.1, 0.15) is 43.2 Å². The molecule has 2 aliphatic rings. The Morgan fingerprint density at radius 3 is 2.54 bits per heavy atom. The quantitative estimate of drug-likeness (QED) is 0.831. The lowest BCUT2D eigenvalue weighted by atomic mass is 10.1. The summed E-state index contributed by atoms with van der Waals surface area (Å²) < 4.78 is 5.82. The number of carbonyl (C=O) groups is 1. The summed E-state index contributed by atoms with van der Waals surface area (Å²) in [6.45, 7) is 8.43. The van der Waals surface area contributed by atoms with Gasteiger partial charge in [0.2, 0.25) is 5.91 Å². The van der Waals surface area contributed by atoms with Crippen molar-refractivity contribution in [2.45, 2.75) is 52.0 Å². The average molecular weight is 330 g/mol. The first kappa shape index (κ1) is 17.3. The van der Waals surface area contributed by atoms with Crippen molar-refractivity contribution in [3.63, 3.8) is 0 Å². The zero-order chi connectivity index (χ0) is 16.9. The van der Waals surface area contributed by atoms with E-state index in [9.17, 15) is 4.79 Å². The molecule has 0 bridgehead atoms. The van der Waals surface area contributed by atoms with Crippen molar-refractivity contribution < 1.29 is 9.53 Å². The summed E-state index contributed by atoms with van der Waals surface area (Å²) in [4.78, 5) is 17.0. The van der Waals surface area contributed by atoms with Gasteiger partial charge in [-0.3, -0.25) is 9.69 Å². The lowest BCUT2D eigenvalue weighted by Gasteiger charge is -2.38. The Labute approximate surface area is 145 Å². The Bertz CT molecular complexity index is 559. The van der Waals surface area contributed by atoms with Crippen molar-refractivity contribution in [3.05, 3.63) is 29.3 Å². The third-order valence-electron chi connectivity index (χ3n) is 5.64. The van der Waals surface area contributed by atoms with E-state index in [0.29, 0.717) is 13.0 Å². The fourth-order valence-electron chi connectivity index (χ4n) is 3.89. The summed E-state index contributed by atoms with van der Waals surface area (Å²) >= 11 is 0. The van der Waals surface area contributed by atoms with E-state index in [1.807, 2.05) is 17.0 Å². The molecule has 1 saturated carbocycles. The number of piperazine rings is 1. The van der Waals surface area contributed by atoms with Crippen LogP contribution in [0.5, 0.6) is 5.75 Å². The van der Waals surface area contributed by atoms with Crippen molar-refractivity contribution in [1.29, 1.82) is 0 Å². The molecule has 0 N–H and O–H groups in total. The van der Waals surface area contributed by atoms with Crippen LogP contribution in [0.4, 0.5) is 0 Å². The topological polar surface area (TPSA) is 32.8 Å².